The molecule has 1 rings (SSSR count). The number of rotatable bonds is 7. The lowest BCUT2D eigenvalue weighted by Crippen LogP contribution is -2.40. The summed E-state index contributed by atoms with van der Waals surface area (Å²) in [4.78, 5) is 23.2. The lowest BCUT2D eigenvalue weighted by molar-refractivity contribution is -0.137. The average Bonchev–Trinajstić information content (AvgIpc) is 2.36. The standard InChI is InChI=1S/C15H20FNO3/c1-9(2)8-17-13(7-14(18)19)15(20)11-4-5-12(16)10(3)6-11/h4-6,9,13,17H,7-8H2,1-3H3,(H,18,19). The summed E-state index contributed by atoms with van der Waals surface area (Å²) < 4.78 is 13.2. The van der Waals surface area contributed by atoms with Gasteiger partial charge in [-0.2, -0.15) is 0 Å². The van der Waals surface area contributed by atoms with Gasteiger partial charge in [-0.15, -0.1) is 0 Å². The van der Waals surface area contributed by atoms with Crippen molar-refractivity contribution in [1.29, 1.82) is 0 Å². The number of carboxylic acid groups (broad SMARTS) is 1. The van der Waals surface area contributed by atoms with Gasteiger partial charge in [0, 0.05) is 5.56 Å². The highest BCUT2D eigenvalue weighted by atomic mass is 19.1. The van der Waals surface area contributed by atoms with E-state index in [0.717, 1.165) is 0 Å². The highest BCUT2D eigenvalue weighted by Crippen LogP contribution is 2.13. The first-order valence-corrected chi connectivity index (χ1v) is 6.56. The van der Waals surface area contributed by atoms with Gasteiger partial charge in [-0.3, -0.25) is 9.59 Å². The Bertz CT molecular complexity index is 500. The number of hydrogen-bond acceptors (Lipinski definition) is 3. The molecule has 0 spiro atoms. The Morgan fingerprint density at radius 2 is 2.00 bits per heavy atom. The fraction of sp³-hybridized carbons (Fsp3) is 0.467. The van der Waals surface area contributed by atoms with Gasteiger partial charge in [0.2, 0.25) is 0 Å². The lowest BCUT2D eigenvalue weighted by atomic mass is 9.99. The van der Waals surface area contributed by atoms with Crippen LogP contribution in [0.25, 0.3) is 0 Å². The molecule has 0 aliphatic carbocycles. The molecule has 20 heavy (non-hydrogen) atoms. The van der Waals surface area contributed by atoms with Crippen LogP contribution in [0.5, 0.6) is 0 Å². The van der Waals surface area contributed by atoms with Crippen molar-refractivity contribution in [3.05, 3.63) is 35.1 Å². The van der Waals surface area contributed by atoms with Crippen LogP contribution in [0.2, 0.25) is 0 Å². The fourth-order valence-electron chi connectivity index (χ4n) is 1.81. The van der Waals surface area contributed by atoms with Gasteiger partial charge in [0.15, 0.2) is 5.78 Å². The van der Waals surface area contributed by atoms with Crippen LogP contribution in [-0.4, -0.2) is 29.4 Å². The average molecular weight is 281 g/mol. The summed E-state index contributed by atoms with van der Waals surface area (Å²) in [5.41, 5.74) is 0.695. The second-order valence-electron chi connectivity index (χ2n) is 5.28. The highest BCUT2D eigenvalue weighted by Gasteiger charge is 2.23. The third-order valence-corrected chi connectivity index (χ3v) is 2.91. The number of carbonyl (C=O) groups is 2. The van der Waals surface area contributed by atoms with Crippen molar-refractivity contribution < 1.29 is 19.1 Å². The molecule has 0 radical (unpaired) electrons. The minimum Gasteiger partial charge on any atom is -0.481 e. The molecule has 1 atom stereocenters. The first-order chi connectivity index (χ1) is 9.31. The van der Waals surface area contributed by atoms with Gasteiger partial charge in [-0.25, -0.2) is 4.39 Å². The Morgan fingerprint density at radius 1 is 1.35 bits per heavy atom. The van der Waals surface area contributed by atoms with E-state index >= 15 is 0 Å². The van der Waals surface area contributed by atoms with E-state index in [-0.39, 0.29) is 18.0 Å². The SMILES string of the molecule is Cc1cc(C(=O)C(CC(=O)O)NCC(C)C)ccc1F. The van der Waals surface area contributed by atoms with Crippen LogP contribution in [0.1, 0.15) is 36.2 Å². The monoisotopic (exact) mass is 281 g/mol. The van der Waals surface area contributed by atoms with Crippen molar-refractivity contribution in [3.8, 4) is 0 Å². The summed E-state index contributed by atoms with van der Waals surface area (Å²) in [6, 6.07) is 3.27. The van der Waals surface area contributed by atoms with Crippen molar-refractivity contribution >= 4 is 11.8 Å². The van der Waals surface area contributed by atoms with Gasteiger partial charge in [0.25, 0.3) is 0 Å². The van der Waals surface area contributed by atoms with Crippen LogP contribution in [-0.2, 0) is 4.79 Å². The van der Waals surface area contributed by atoms with Crippen LogP contribution in [0.3, 0.4) is 0 Å². The zero-order chi connectivity index (χ0) is 15.3. The van der Waals surface area contributed by atoms with Crippen molar-refractivity contribution in [1.82, 2.24) is 5.32 Å². The molecular weight excluding hydrogens is 261 g/mol. The number of Topliss-reactive ketones (excluding diaryl/α,β-unsaturated/α-hetero) is 1. The molecule has 0 amide bonds. The first kappa shape index (κ1) is 16.3. The summed E-state index contributed by atoms with van der Waals surface area (Å²) in [7, 11) is 0. The Morgan fingerprint density at radius 3 is 2.50 bits per heavy atom. The van der Waals surface area contributed by atoms with Gasteiger partial charge in [0.1, 0.15) is 5.82 Å². The number of aliphatic carboxylic acids is 1. The Hall–Kier alpha value is -1.75. The number of benzene rings is 1. The number of carbonyl (C=O) groups excluding carboxylic acids is 1. The summed E-state index contributed by atoms with van der Waals surface area (Å²) in [6.45, 7) is 6.05. The Labute approximate surface area is 118 Å². The maximum absolute atomic E-state index is 13.2. The third kappa shape index (κ3) is 4.74. The largest absolute Gasteiger partial charge is 0.481 e. The molecule has 0 aliphatic rings. The molecule has 0 heterocycles. The van der Waals surface area contributed by atoms with Crippen molar-refractivity contribution in [2.75, 3.05) is 6.54 Å². The summed E-state index contributed by atoms with van der Waals surface area (Å²) in [6.07, 6.45) is -0.290. The molecular formula is C15H20FNO3. The van der Waals surface area contributed by atoms with Crippen molar-refractivity contribution in [2.24, 2.45) is 5.92 Å². The molecule has 1 aromatic rings. The predicted octanol–water partition coefficient (Wildman–Crippen LogP) is 2.41. The normalized spacial score (nSPS) is 12.4. The minimum atomic E-state index is -1.04. The van der Waals surface area contributed by atoms with Gasteiger partial charge in [-0.1, -0.05) is 13.8 Å². The number of carboxylic acids is 1. The topological polar surface area (TPSA) is 66.4 Å². The maximum atomic E-state index is 13.2. The molecule has 0 bridgehead atoms. The van der Waals surface area contributed by atoms with Gasteiger partial charge in [0.05, 0.1) is 12.5 Å². The van der Waals surface area contributed by atoms with E-state index in [1.54, 1.807) is 6.92 Å². The highest BCUT2D eigenvalue weighted by molar-refractivity contribution is 6.01. The van der Waals surface area contributed by atoms with Crippen LogP contribution < -0.4 is 5.32 Å². The van der Waals surface area contributed by atoms with Gasteiger partial charge in [-0.05, 0) is 43.1 Å². The first-order valence-electron chi connectivity index (χ1n) is 6.56. The van der Waals surface area contributed by atoms with Crippen molar-refractivity contribution in [2.45, 2.75) is 33.2 Å². The van der Waals surface area contributed by atoms with Crippen LogP contribution in [0.4, 0.5) is 4.39 Å². The zero-order valence-corrected chi connectivity index (χ0v) is 11.9. The Kier molecular flexibility index (Phi) is 5.82. The van der Waals surface area contributed by atoms with E-state index in [0.29, 0.717) is 23.6 Å². The van der Waals surface area contributed by atoms with Crippen LogP contribution >= 0.6 is 0 Å². The molecule has 0 fully saturated rings. The molecule has 2 N–H and O–H groups in total. The summed E-state index contributed by atoms with van der Waals surface area (Å²) in [5, 5.41) is 11.9. The number of ketones is 1. The zero-order valence-electron chi connectivity index (χ0n) is 11.9. The number of aryl methyl sites for hydroxylation is 1. The second-order valence-corrected chi connectivity index (χ2v) is 5.28. The maximum Gasteiger partial charge on any atom is 0.305 e. The molecule has 0 saturated heterocycles. The van der Waals surface area contributed by atoms with Crippen molar-refractivity contribution in [3.63, 3.8) is 0 Å². The molecule has 0 aromatic heterocycles. The molecule has 0 saturated carbocycles. The minimum absolute atomic E-state index is 0.290. The van der Waals surface area contributed by atoms with Gasteiger partial charge < -0.3 is 10.4 Å². The second kappa shape index (κ2) is 7.14. The number of halogens is 1. The van der Waals surface area contributed by atoms with E-state index < -0.39 is 12.0 Å². The third-order valence-electron chi connectivity index (χ3n) is 2.91. The summed E-state index contributed by atoms with van der Waals surface area (Å²) >= 11 is 0. The fourth-order valence-corrected chi connectivity index (χ4v) is 1.81. The molecule has 4 nitrogen and oxygen atoms in total. The molecule has 110 valence electrons. The smallest absolute Gasteiger partial charge is 0.305 e. The Balaban J connectivity index is 2.90. The number of hydrogen-bond donors (Lipinski definition) is 2. The predicted molar refractivity (Wildman–Crippen MR) is 74.3 cm³/mol. The van der Waals surface area contributed by atoms with E-state index in [1.807, 2.05) is 13.8 Å². The van der Waals surface area contributed by atoms with E-state index in [2.05, 4.69) is 5.32 Å². The van der Waals surface area contributed by atoms with E-state index in [4.69, 9.17) is 5.11 Å². The molecule has 1 unspecified atom stereocenters. The molecule has 5 heteroatoms. The van der Waals surface area contributed by atoms with Crippen LogP contribution in [0, 0.1) is 18.7 Å². The lowest BCUT2D eigenvalue weighted by Gasteiger charge is -2.17. The molecule has 1 aromatic carbocycles. The summed E-state index contributed by atoms with van der Waals surface area (Å²) in [5.74, 6) is -1.45. The van der Waals surface area contributed by atoms with E-state index in [9.17, 15) is 14.0 Å². The van der Waals surface area contributed by atoms with E-state index in [1.165, 1.54) is 18.2 Å². The number of nitrogens with one attached hydrogen (secondary N) is 1. The van der Waals surface area contributed by atoms with Gasteiger partial charge >= 0.3 is 5.97 Å². The quantitative estimate of drug-likeness (QED) is 0.753. The van der Waals surface area contributed by atoms with Crippen LogP contribution in [0.15, 0.2) is 18.2 Å². The molecule has 0 aliphatic heterocycles.